The number of fused-ring (bicyclic) bond motifs is 1. The number of thiol groups is 1. The van der Waals surface area contributed by atoms with E-state index in [2.05, 4.69) is 27.8 Å². The summed E-state index contributed by atoms with van der Waals surface area (Å²) < 4.78 is 9.06. The molecule has 2 fully saturated rings. The molecule has 0 radical (unpaired) electrons. The van der Waals surface area contributed by atoms with Crippen molar-refractivity contribution in [3.05, 3.63) is 30.5 Å². The van der Waals surface area contributed by atoms with Crippen LogP contribution in [0.4, 0.5) is 0 Å². The molecule has 8 heteroatoms. The van der Waals surface area contributed by atoms with Crippen molar-refractivity contribution in [2.24, 2.45) is 7.05 Å². The molecule has 0 spiro atoms. The van der Waals surface area contributed by atoms with E-state index >= 15 is 0 Å². The van der Waals surface area contributed by atoms with E-state index in [-0.39, 0.29) is 0 Å². The Morgan fingerprint density at radius 2 is 1.86 bits per heavy atom. The molecule has 1 saturated heterocycles. The van der Waals surface area contributed by atoms with E-state index in [0.717, 1.165) is 54.3 Å². The van der Waals surface area contributed by atoms with Gasteiger partial charge in [0.05, 0.1) is 31.3 Å². The van der Waals surface area contributed by atoms with Crippen LogP contribution in [0.3, 0.4) is 0 Å². The summed E-state index contributed by atoms with van der Waals surface area (Å²) in [6.45, 7) is 3.90. The van der Waals surface area contributed by atoms with E-state index in [1.54, 1.807) is 8.65 Å². The first-order valence-electron chi connectivity index (χ1n) is 10.1. The molecule has 0 N–H and O–H groups in total. The Morgan fingerprint density at radius 1 is 1.07 bits per heavy atom. The van der Waals surface area contributed by atoms with Gasteiger partial charge in [-0.3, -0.25) is 13.6 Å². The molecule has 1 aliphatic carbocycles. The number of hydrogen-bond donors (Lipinski definition) is 1. The van der Waals surface area contributed by atoms with E-state index in [0.29, 0.717) is 12.0 Å². The zero-order valence-corrected chi connectivity index (χ0v) is 17.1. The highest BCUT2D eigenvalue weighted by molar-refractivity contribution is 7.78. The molecule has 0 atom stereocenters. The first-order valence-corrected chi connectivity index (χ1v) is 10.5. The summed E-state index contributed by atoms with van der Waals surface area (Å²) in [5.41, 5.74) is 4.90. The van der Waals surface area contributed by atoms with Gasteiger partial charge in [-0.05, 0) is 25.7 Å². The van der Waals surface area contributed by atoms with Crippen LogP contribution in [-0.2, 0) is 11.8 Å². The standard InChI is InChI=1S/C20H26N6OS/c1-24-12-15(10-22-24)17-13-26(28)20-19(17)23-18(11-21-20)14-2-4-16(5-3-14)25-6-8-27-9-7-25/h10-14,16,28H,2-9H2,1H3/t14-,16+. The van der Waals surface area contributed by atoms with Crippen LogP contribution in [0.5, 0.6) is 0 Å². The van der Waals surface area contributed by atoms with Crippen molar-refractivity contribution < 1.29 is 4.74 Å². The molecule has 1 aliphatic heterocycles. The Hall–Kier alpha value is -1.90. The van der Waals surface area contributed by atoms with E-state index in [9.17, 15) is 0 Å². The Bertz CT molecular complexity index is 968. The molecular formula is C20H26N6OS. The average Bonchev–Trinajstić information content (AvgIpc) is 3.32. The number of hydrogen-bond acceptors (Lipinski definition) is 6. The van der Waals surface area contributed by atoms with Crippen molar-refractivity contribution >= 4 is 24.0 Å². The molecule has 0 bridgehead atoms. The molecule has 0 amide bonds. The van der Waals surface area contributed by atoms with Crippen molar-refractivity contribution in [1.29, 1.82) is 0 Å². The van der Waals surface area contributed by atoms with Crippen molar-refractivity contribution in [2.75, 3.05) is 26.3 Å². The van der Waals surface area contributed by atoms with Gasteiger partial charge in [0.1, 0.15) is 5.52 Å². The van der Waals surface area contributed by atoms with E-state index < -0.39 is 0 Å². The maximum absolute atomic E-state index is 5.50. The van der Waals surface area contributed by atoms with Crippen LogP contribution in [0, 0.1) is 0 Å². The molecule has 148 valence electrons. The predicted molar refractivity (Wildman–Crippen MR) is 112 cm³/mol. The van der Waals surface area contributed by atoms with Crippen LogP contribution in [0.1, 0.15) is 37.3 Å². The maximum Gasteiger partial charge on any atom is 0.169 e. The summed E-state index contributed by atoms with van der Waals surface area (Å²) in [6.07, 6.45) is 12.6. The third kappa shape index (κ3) is 3.33. The van der Waals surface area contributed by atoms with Gasteiger partial charge in [0.25, 0.3) is 0 Å². The van der Waals surface area contributed by atoms with Crippen LogP contribution in [0.15, 0.2) is 24.8 Å². The lowest BCUT2D eigenvalue weighted by atomic mass is 9.83. The van der Waals surface area contributed by atoms with Crippen LogP contribution in [-0.4, -0.2) is 61.0 Å². The number of nitrogens with zero attached hydrogens (tertiary/aromatic N) is 6. The van der Waals surface area contributed by atoms with Gasteiger partial charge in [0.2, 0.25) is 0 Å². The monoisotopic (exact) mass is 398 g/mol. The van der Waals surface area contributed by atoms with Crippen LogP contribution in [0.25, 0.3) is 22.3 Å². The Balaban J connectivity index is 1.38. The summed E-state index contributed by atoms with van der Waals surface area (Å²) in [7, 11) is 1.92. The van der Waals surface area contributed by atoms with Gasteiger partial charge in [0, 0.05) is 55.6 Å². The normalized spacial score (nSPS) is 24.1. The van der Waals surface area contributed by atoms with Gasteiger partial charge in [-0.1, -0.05) is 12.8 Å². The van der Waals surface area contributed by atoms with Gasteiger partial charge in [-0.15, -0.1) is 0 Å². The molecule has 3 aromatic rings. The molecule has 0 unspecified atom stereocenters. The molecule has 7 nitrogen and oxygen atoms in total. The lowest BCUT2D eigenvalue weighted by Crippen LogP contribution is -2.44. The third-order valence-electron chi connectivity index (χ3n) is 6.19. The average molecular weight is 399 g/mol. The van der Waals surface area contributed by atoms with Crippen LogP contribution < -0.4 is 0 Å². The minimum Gasteiger partial charge on any atom is -0.379 e. The molecule has 0 aromatic carbocycles. The summed E-state index contributed by atoms with van der Waals surface area (Å²) >= 11 is 4.53. The minimum absolute atomic E-state index is 0.485. The first-order chi connectivity index (χ1) is 13.7. The Kier molecular flexibility index (Phi) is 4.86. The van der Waals surface area contributed by atoms with Crippen molar-refractivity contribution in [1.82, 2.24) is 28.6 Å². The Morgan fingerprint density at radius 3 is 2.57 bits per heavy atom. The molecular weight excluding hydrogens is 372 g/mol. The second-order valence-electron chi connectivity index (χ2n) is 7.91. The summed E-state index contributed by atoms with van der Waals surface area (Å²) in [5.74, 6) is 0.485. The van der Waals surface area contributed by atoms with Gasteiger partial charge in [-0.25, -0.2) is 9.97 Å². The fourth-order valence-corrected chi connectivity index (χ4v) is 4.90. The largest absolute Gasteiger partial charge is 0.379 e. The Labute approximate surface area is 170 Å². The highest BCUT2D eigenvalue weighted by atomic mass is 32.1. The van der Waals surface area contributed by atoms with Crippen molar-refractivity contribution in [3.8, 4) is 11.1 Å². The number of aromatic nitrogens is 5. The second-order valence-corrected chi connectivity index (χ2v) is 8.34. The minimum atomic E-state index is 0.485. The summed E-state index contributed by atoms with van der Waals surface area (Å²) in [4.78, 5) is 12.3. The highest BCUT2D eigenvalue weighted by Gasteiger charge is 2.28. The topological polar surface area (TPSA) is 61.0 Å². The lowest BCUT2D eigenvalue weighted by molar-refractivity contribution is 0.00721. The van der Waals surface area contributed by atoms with Crippen molar-refractivity contribution in [3.63, 3.8) is 0 Å². The number of rotatable bonds is 3. The lowest BCUT2D eigenvalue weighted by Gasteiger charge is -2.38. The molecule has 5 rings (SSSR count). The quantitative estimate of drug-likeness (QED) is 0.688. The fourth-order valence-electron chi connectivity index (χ4n) is 4.64. The van der Waals surface area contributed by atoms with Gasteiger partial charge >= 0.3 is 0 Å². The SMILES string of the molecule is Cn1cc(-c2cn(S)c3ncc([C@H]4CC[C@@H](N5CCOCC5)CC4)nc23)cn1. The van der Waals surface area contributed by atoms with Crippen LogP contribution >= 0.6 is 12.8 Å². The zero-order chi connectivity index (χ0) is 19.1. The highest BCUT2D eigenvalue weighted by Crippen LogP contribution is 2.36. The molecule has 2 aliphatic rings. The predicted octanol–water partition coefficient (Wildman–Crippen LogP) is 2.88. The third-order valence-corrected chi connectivity index (χ3v) is 6.49. The summed E-state index contributed by atoms with van der Waals surface area (Å²) in [5, 5.41) is 4.29. The number of morpholine rings is 1. The van der Waals surface area contributed by atoms with E-state index in [1.165, 1.54) is 25.7 Å². The molecule has 3 aromatic heterocycles. The molecule has 4 heterocycles. The van der Waals surface area contributed by atoms with Gasteiger partial charge in [0.15, 0.2) is 5.65 Å². The van der Waals surface area contributed by atoms with E-state index in [1.807, 2.05) is 31.8 Å². The zero-order valence-electron chi connectivity index (χ0n) is 16.2. The molecule has 1 saturated carbocycles. The summed E-state index contributed by atoms with van der Waals surface area (Å²) in [6, 6.07) is 0.696. The van der Waals surface area contributed by atoms with Crippen LogP contribution in [0.2, 0.25) is 0 Å². The first kappa shape index (κ1) is 18.1. The van der Waals surface area contributed by atoms with Gasteiger partial charge in [-0.2, -0.15) is 5.10 Å². The second kappa shape index (κ2) is 7.50. The fraction of sp³-hybridized carbons (Fsp3) is 0.550. The number of ether oxygens (including phenoxy) is 1. The van der Waals surface area contributed by atoms with Gasteiger partial charge < -0.3 is 4.74 Å². The van der Waals surface area contributed by atoms with Crippen molar-refractivity contribution in [2.45, 2.75) is 37.6 Å². The smallest absolute Gasteiger partial charge is 0.169 e. The molecule has 28 heavy (non-hydrogen) atoms. The maximum atomic E-state index is 5.50. The van der Waals surface area contributed by atoms with E-state index in [4.69, 9.17) is 9.72 Å². The number of aryl methyl sites for hydroxylation is 1.